The topological polar surface area (TPSA) is 193 Å². The molecule has 0 radical (unpaired) electrons. The molecule has 11 nitrogen and oxygen atoms in total. The predicted molar refractivity (Wildman–Crippen MR) is 85.8 cm³/mol. The molecule has 0 spiro atoms. The van der Waals surface area contributed by atoms with Gasteiger partial charge in [0.05, 0.1) is 11.5 Å². The summed E-state index contributed by atoms with van der Waals surface area (Å²) in [6.07, 6.45) is -0.987. The van der Waals surface area contributed by atoms with Gasteiger partial charge in [-0.3, -0.25) is 19.5 Å². The van der Waals surface area contributed by atoms with E-state index in [1.165, 1.54) is 0 Å². The SMILES string of the molecule is CCOc1cc(C(O)P(=O)(O)CC[C@H](N)C(=O)O)cc([N+](=O)[O-])c1O. The van der Waals surface area contributed by atoms with Crippen LogP contribution >= 0.6 is 7.37 Å². The number of ether oxygens (including phenoxy) is 1. The molecule has 0 saturated heterocycles. The van der Waals surface area contributed by atoms with Gasteiger partial charge in [0.25, 0.3) is 0 Å². The molecule has 1 aromatic rings. The van der Waals surface area contributed by atoms with Gasteiger partial charge in [-0.15, -0.1) is 0 Å². The molecule has 25 heavy (non-hydrogen) atoms. The van der Waals surface area contributed by atoms with E-state index in [-0.39, 0.29) is 24.3 Å². The van der Waals surface area contributed by atoms with Gasteiger partial charge in [0.2, 0.25) is 13.1 Å². The Balaban J connectivity index is 3.18. The zero-order chi connectivity index (χ0) is 19.4. The van der Waals surface area contributed by atoms with Crippen LogP contribution in [-0.4, -0.2) is 49.9 Å². The summed E-state index contributed by atoms with van der Waals surface area (Å²) < 4.78 is 17.3. The number of hydrogen-bond donors (Lipinski definition) is 5. The maximum absolute atomic E-state index is 12.3. The van der Waals surface area contributed by atoms with Crippen molar-refractivity contribution in [3.63, 3.8) is 0 Å². The van der Waals surface area contributed by atoms with Crippen molar-refractivity contribution in [2.45, 2.75) is 25.2 Å². The van der Waals surface area contributed by atoms with Gasteiger partial charge in [-0.1, -0.05) is 0 Å². The summed E-state index contributed by atoms with van der Waals surface area (Å²) >= 11 is 0. The van der Waals surface area contributed by atoms with E-state index in [9.17, 15) is 34.6 Å². The van der Waals surface area contributed by atoms with E-state index in [0.29, 0.717) is 0 Å². The molecule has 0 aliphatic heterocycles. The molecule has 0 bridgehead atoms. The lowest BCUT2D eigenvalue weighted by molar-refractivity contribution is -0.386. The lowest BCUT2D eigenvalue weighted by Gasteiger charge is -2.20. The van der Waals surface area contributed by atoms with Crippen LogP contribution in [0.3, 0.4) is 0 Å². The maximum atomic E-state index is 12.3. The third-order valence-corrected chi connectivity index (χ3v) is 5.29. The van der Waals surface area contributed by atoms with Gasteiger partial charge in [-0.05, 0) is 19.4 Å². The van der Waals surface area contributed by atoms with Crippen molar-refractivity contribution in [1.82, 2.24) is 0 Å². The first-order valence-electron chi connectivity index (χ1n) is 7.13. The highest BCUT2D eigenvalue weighted by atomic mass is 31.2. The average Bonchev–Trinajstić information content (AvgIpc) is 2.53. The van der Waals surface area contributed by atoms with Crippen molar-refractivity contribution in [3.05, 3.63) is 27.8 Å². The quantitative estimate of drug-likeness (QED) is 0.232. The Morgan fingerprint density at radius 3 is 2.56 bits per heavy atom. The van der Waals surface area contributed by atoms with Crippen molar-refractivity contribution in [3.8, 4) is 11.5 Å². The second-order valence-corrected chi connectivity index (χ2v) is 7.61. The lowest BCUT2D eigenvalue weighted by Crippen LogP contribution is -2.31. The minimum absolute atomic E-state index is 0.0501. The van der Waals surface area contributed by atoms with Crippen LogP contribution in [0.5, 0.6) is 11.5 Å². The van der Waals surface area contributed by atoms with Gasteiger partial charge >= 0.3 is 11.7 Å². The van der Waals surface area contributed by atoms with Crippen LogP contribution in [0.2, 0.25) is 0 Å². The number of benzene rings is 1. The van der Waals surface area contributed by atoms with Crippen molar-refractivity contribution in [2.75, 3.05) is 12.8 Å². The van der Waals surface area contributed by atoms with Crippen molar-refractivity contribution >= 4 is 19.0 Å². The smallest absolute Gasteiger partial charge is 0.320 e. The average molecular weight is 378 g/mol. The van der Waals surface area contributed by atoms with E-state index in [1.54, 1.807) is 6.92 Å². The first kappa shape index (κ1) is 20.8. The van der Waals surface area contributed by atoms with E-state index in [2.05, 4.69) is 0 Å². The van der Waals surface area contributed by atoms with Gasteiger partial charge in [-0.2, -0.15) is 0 Å². The summed E-state index contributed by atoms with van der Waals surface area (Å²) in [5.74, 6) is -4.50. The number of aliphatic carboxylic acids is 1. The van der Waals surface area contributed by atoms with Crippen LogP contribution in [0, 0.1) is 10.1 Å². The minimum Gasteiger partial charge on any atom is -0.500 e. The standard InChI is InChI=1S/C13H19N2O9P/c1-2-24-10-6-7(5-9(11(10)16)15(20)21)13(19)25(22,23)4-3-8(14)12(17)18/h5-6,8,13,16,19H,2-4,14H2,1H3,(H,17,18)(H,22,23)/t8-,13?/m0/s1. The normalized spacial score (nSPS) is 15.8. The van der Waals surface area contributed by atoms with E-state index in [1.807, 2.05) is 0 Å². The molecule has 6 N–H and O–H groups in total. The summed E-state index contributed by atoms with van der Waals surface area (Å²) in [6.45, 7) is 1.60. The fraction of sp³-hybridized carbons (Fsp3) is 0.462. The number of phenolic OH excluding ortho intramolecular Hbond substituents is 1. The van der Waals surface area contributed by atoms with Gasteiger partial charge in [0, 0.05) is 17.8 Å². The number of hydrogen-bond acceptors (Lipinski definition) is 8. The van der Waals surface area contributed by atoms with Crippen LogP contribution in [0.4, 0.5) is 5.69 Å². The molecule has 0 amide bonds. The number of aliphatic hydroxyl groups excluding tert-OH is 1. The molecule has 1 rings (SSSR count). The van der Waals surface area contributed by atoms with Gasteiger partial charge < -0.3 is 30.7 Å². The van der Waals surface area contributed by atoms with E-state index < -0.39 is 47.7 Å². The fourth-order valence-corrected chi connectivity index (χ4v) is 3.48. The highest BCUT2D eigenvalue weighted by Gasteiger charge is 2.34. The molecule has 0 fully saturated rings. The molecular weight excluding hydrogens is 359 g/mol. The molecule has 0 aromatic heterocycles. The molecule has 0 saturated carbocycles. The highest BCUT2D eigenvalue weighted by Crippen LogP contribution is 2.56. The molecule has 2 unspecified atom stereocenters. The summed E-state index contributed by atoms with van der Waals surface area (Å²) in [6, 6.07) is 0.375. The largest absolute Gasteiger partial charge is 0.500 e. The zero-order valence-electron chi connectivity index (χ0n) is 13.2. The second-order valence-electron chi connectivity index (χ2n) is 5.16. The Hall–Kier alpha value is -2.20. The van der Waals surface area contributed by atoms with Crippen molar-refractivity contribution < 1.29 is 39.2 Å². The number of aliphatic hydroxyl groups is 1. The molecule has 0 heterocycles. The lowest BCUT2D eigenvalue weighted by atomic mass is 10.1. The molecule has 0 aliphatic rings. The van der Waals surface area contributed by atoms with Crippen LogP contribution in [0.25, 0.3) is 0 Å². The van der Waals surface area contributed by atoms with Crippen LogP contribution in [0.1, 0.15) is 24.8 Å². The molecule has 140 valence electrons. The number of carbonyl (C=O) groups is 1. The Kier molecular flexibility index (Phi) is 6.88. The Labute approximate surface area is 142 Å². The zero-order valence-corrected chi connectivity index (χ0v) is 14.1. The second kappa shape index (κ2) is 8.26. The van der Waals surface area contributed by atoms with Gasteiger partial charge in [-0.25, -0.2) is 0 Å². The maximum Gasteiger partial charge on any atom is 0.320 e. The highest BCUT2D eigenvalue weighted by molar-refractivity contribution is 7.58. The van der Waals surface area contributed by atoms with E-state index >= 15 is 0 Å². The minimum atomic E-state index is -4.35. The Morgan fingerprint density at radius 2 is 2.08 bits per heavy atom. The Bertz CT molecular complexity index is 709. The summed E-state index contributed by atoms with van der Waals surface area (Å²) in [7, 11) is -4.35. The van der Waals surface area contributed by atoms with E-state index in [0.717, 1.165) is 12.1 Å². The van der Waals surface area contributed by atoms with Crippen LogP contribution < -0.4 is 10.5 Å². The number of aromatic hydroxyl groups is 1. The van der Waals surface area contributed by atoms with Crippen molar-refractivity contribution in [1.29, 1.82) is 0 Å². The predicted octanol–water partition coefficient (Wildman–Crippen LogP) is 0.762. The number of rotatable bonds is 9. The van der Waals surface area contributed by atoms with Crippen LogP contribution in [-0.2, 0) is 9.36 Å². The molecule has 1 aromatic carbocycles. The molecule has 3 atom stereocenters. The fourth-order valence-electron chi connectivity index (χ4n) is 1.97. The number of carboxylic acid groups (broad SMARTS) is 1. The summed E-state index contributed by atoms with van der Waals surface area (Å²) in [5.41, 5.74) is 4.13. The third-order valence-electron chi connectivity index (χ3n) is 3.33. The monoisotopic (exact) mass is 378 g/mol. The molecule has 0 aliphatic carbocycles. The number of nitro benzene ring substituents is 1. The first-order valence-corrected chi connectivity index (χ1v) is 9.04. The van der Waals surface area contributed by atoms with E-state index in [4.69, 9.17) is 15.6 Å². The Morgan fingerprint density at radius 1 is 1.48 bits per heavy atom. The number of phenols is 1. The number of nitrogens with zero attached hydrogens (tertiary/aromatic N) is 1. The number of carboxylic acids is 1. The molecular formula is C13H19N2O9P. The van der Waals surface area contributed by atoms with Gasteiger partial charge in [0.15, 0.2) is 11.6 Å². The van der Waals surface area contributed by atoms with Gasteiger partial charge in [0.1, 0.15) is 6.04 Å². The third kappa shape index (κ3) is 5.13. The summed E-state index contributed by atoms with van der Waals surface area (Å²) in [4.78, 5) is 30.7. The van der Waals surface area contributed by atoms with Crippen molar-refractivity contribution in [2.24, 2.45) is 5.73 Å². The number of nitrogens with two attached hydrogens (primary N) is 1. The summed E-state index contributed by atoms with van der Waals surface area (Å²) in [5, 5.41) is 39.6. The first-order chi connectivity index (χ1) is 11.5. The molecule has 12 heteroatoms. The number of nitro groups is 1. The van der Waals surface area contributed by atoms with Crippen LogP contribution in [0.15, 0.2) is 12.1 Å².